The van der Waals surface area contributed by atoms with Gasteiger partial charge in [0, 0.05) is 18.3 Å². The van der Waals surface area contributed by atoms with Crippen LogP contribution in [-0.2, 0) is 4.74 Å². The van der Waals surface area contributed by atoms with Gasteiger partial charge in [0.25, 0.3) is 0 Å². The van der Waals surface area contributed by atoms with Gasteiger partial charge in [-0.05, 0) is 18.6 Å². The van der Waals surface area contributed by atoms with E-state index in [1.54, 1.807) is 7.11 Å². The van der Waals surface area contributed by atoms with E-state index in [2.05, 4.69) is 17.0 Å². The third kappa shape index (κ3) is 1.68. The summed E-state index contributed by atoms with van der Waals surface area (Å²) in [6.45, 7) is 1.46. The summed E-state index contributed by atoms with van der Waals surface area (Å²) in [6.07, 6.45) is 1.40. The van der Waals surface area contributed by atoms with E-state index in [-0.39, 0.29) is 0 Å². The van der Waals surface area contributed by atoms with Crippen molar-refractivity contribution in [2.24, 2.45) is 5.73 Å². The molecule has 4 heteroatoms. The van der Waals surface area contributed by atoms with Crippen LogP contribution in [0.15, 0.2) is 24.3 Å². The highest BCUT2D eigenvalue weighted by atomic mass is 16.5. The van der Waals surface area contributed by atoms with Crippen LogP contribution >= 0.6 is 0 Å². The minimum atomic E-state index is 0.302. The summed E-state index contributed by atoms with van der Waals surface area (Å²) < 4.78 is 11.0. The molecule has 4 nitrogen and oxygen atoms in total. The predicted octanol–water partition coefficient (Wildman–Crippen LogP) is 1.000. The largest absolute Gasteiger partial charge is 0.497 e. The molecule has 0 aliphatic carbocycles. The molecular formula is C13H18N2O2. The van der Waals surface area contributed by atoms with E-state index < -0.39 is 0 Å². The first-order valence-corrected chi connectivity index (χ1v) is 6.07. The Morgan fingerprint density at radius 1 is 1.53 bits per heavy atom. The molecule has 2 N–H and O–H groups in total. The zero-order valence-electron chi connectivity index (χ0n) is 10.0. The molecule has 2 aliphatic heterocycles. The van der Waals surface area contributed by atoms with Gasteiger partial charge in [-0.1, -0.05) is 6.07 Å². The van der Waals surface area contributed by atoms with Crippen molar-refractivity contribution in [3.63, 3.8) is 0 Å². The number of ether oxygens (including phenoxy) is 2. The summed E-state index contributed by atoms with van der Waals surface area (Å²) in [5.41, 5.74) is 7.06. The topological polar surface area (TPSA) is 47.7 Å². The molecule has 0 aromatic heterocycles. The minimum absolute atomic E-state index is 0.302. The lowest BCUT2D eigenvalue weighted by Gasteiger charge is -2.36. The van der Waals surface area contributed by atoms with Gasteiger partial charge in [0.15, 0.2) is 0 Å². The maximum Gasteiger partial charge on any atom is 0.120 e. The number of fused-ring (bicyclic) bond motifs is 2. The van der Waals surface area contributed by atoms with E-state index in [0.29, 0.717) is 24.7 Å². The lowest BCUT2D eigenvalue weighted by atomic mass is 10.1. The zero-order valence-corrected chi connectivity index (χ0v) is 10.0. The second-order valence-corrected chi connectivity index (χ2v) is 4.67. The van der Waals surface area contributed by atoms with Gasteiger partial charge >= 0.3 is 0 Å². The Morgan fingerprint density at radius 3 is 3.18 bits per heavy atom. The Labute approximate surface area is 101 Å². The van der Waals surface area contributed by atoms with E-state index in [1.165, 1.54) is 5.69 Å². The van der Waals surface area contributed by atoms with Crippen LogP contribution in [0, 0.1) is 0 Å². The minimum Gasteiger partial charge on any atom is -0.497 e. The number of morpholine rings is 1. The van der Waals surface area contributed by atoms with E-state index in [0.717, 1.165) is 18.8 Å². The van der Waals surface area contributed by atoms with Crippen molar-refractivity contribution in [1.82, 2.24) is 0 Å². The molecule has 1 aromatic carbocycles. The van der Waals surface area contributed by atoms with Crippen LogP contribution in [0.4, 0.5) is 5.69 Å². The summed E-state index contributed by atoms with van der Waals surface area (Å²) >= 11 is 0. The summed E-state index contributed by atoms with van der Waals surface area (Å²) in [6, 6.07) is 8.96. The van der Waals surface area contributed by atoms with Gasteiger partial charge in [0.05, 0.1) is 31.9 Å². The van der Waals surface area contributed by atoms with Crippen molar-refractivity contribution in [3.8, 4) is 5.75 Å². The van der Waals surface area contributed by atoms with E-state index in [9.17, 15) is 0 Å². The maximum atomic E-state index is 5.87. The molecule has 0 amide bonds. The maximum absolute atomic E-state index is 5.87. The van der Waals surface area contributed by atoms with Crippen molar-refractivity contribution < 1.29 is 9.47 Å². The number of rotatable bonds is 3. The normalized spacial score (nSPS) is 30.9. The van der Waals surface area contributed by atoms with Gasteiger partial charge in [-0.15, -0.1) is 0 Å². The fourth-order valence-electron chi connectivity index (χ4n) is 2.99. The first kappa shape index (κ1) is 10.9. The summed E-state index contributed by atoms with van der Waals surface area (Å²) in [4.78, 5) is 2.40. The van der Waals surface area contributed by atoms with Gasteiger partial charge in [0.1, 0.15) is 5.75 Å². The number of hydrogen-bond donors (Lipinski definition) is 1. The highest BCUT2D eigenvalue weighted by Gasteiger charge is 2.46. The quantitative estimate of drug-likeness (QED) is 0.847. The van der Waals surface area contributed by atoms with Crippen LogP contribution in [0.25, 0.3) is 0 Å². The molecule has 2 aliphatic rings. The Morgan fingerprint density at radius 2 is 2.41 bits per heavy atom. The molecule has 0 spiro atoms. The Kier molecular flexibility index (Phi) is 2.68. The summed E-state index contributed by atoms with van der Waals surface area (Å²) in [5, 5.41) is 0. The Bertz CT molecular complexity index is 410. The third-order valence-corrected chi connectivity index (χ3v) is 3.78. The average Bonchev–Trinajstić information content (AvgIpc) is 2.98. The van der Waals surface area contributed by atoms with Gasteiger partial charge in [0.2, 0.25) is 0 Å². The van der Waals surface area contributed by atoms with E-state index >= 15 is 0 Å². The van der Waals surface area contributed by atoms with Crippen LogP contribution in [0.2, 0.25) is 0 Å². The van der Waals surface area contributed by atoms with Gasteiger partial charge in [-0.3, -0.25) is 0 Å². The van der Waals surface area contributed by atoms with Crippen molar-refractivity contribution in [3.05, 3.63) is 24.3 Å². The Hall–Kier alpha value is -1.26. The third-order valence-electron chi connectivity index (χ3n) is 3.78. The number of benzene rings is 1. The monoisotopic (exact) mass is 234 g/mol. The van der Waals surface area contributed by atoms with Crippen LogP contribution in [0.3, 0.4) is 0 Å². The number of nitrogens with two attached hydrogens (primary N) is 1. The average molecular weight is 234 g/mol. The molecule has 2 bridgehead atoms. The smallest absolute Gasteiger partial charge is 0.120 e. The molecule has 2 fully saturated rings. The molecule has 3 rings (SSSR count). The van der Waals surface area contributed by atoms with Crippen LogP contribution in [-0.4, -0.2) is 38.4 Å². The van der Waals surface area contributed by atoms with E-state index in [1.807, 2.05) is 12.1 Å². The highest BCUT2D eigenvalue weighted by molar-refractivity contribution is 5.54. The fraction of sp³-hybridized carbons (Fsp3) is 0.538. The first-order valence-electron chi connectivity index (χ1n) is 6.07. The molecule has 17 heavy (non-hydrogen) atoms. The molecule has 1 aromatic rings. The van der Waals surface area contributed by atoms with Crippen LogP contribution < -0.4 is 15.4 Å². The molecule has 3 atom stereocenters. The molecule has 3 unspecified atom stereocenters. The van der Waals surface area contributed by atoms with Crippen molar-refractivity contribution in [1.29, 1.82) is 0 Å². The van der Waals surface area contributed by atoms with Crippen LogP contribution in [0.1, 0.15) is 6.42 Å². The number of nitrogens with zero attached hydrogens (tertiary/aromatic N) is 1. The van der Waals surface area contributed by atoms with Crippen LogP contribution in [0.5, 0.6) is 5.75 Å². The summed E-state index contributed by atoms with van der Waals surface area (Å²) in [5.74, 6) is 0.891. The fourth-order valence-corrected chi connectivity index (χ4v) is 2.99. The van der Waals surface area contributed by atoms with Gasteiger partial charge < -0.3 is 20.1 Å². The highest BCUT2D eigenvalue weighted by Crippen LogP contribution is 2.37. The standard InChI is InChI=1S/C13H18N2O2/c1-16-11-4-2-3-9(5-11)15-10-6-13(17-8-10)12(15)7-14/h2-5,10,12-13H,6-8,14H2,1H3. The van der Waals surface area contributed by atoms with Crippen molar-refractivity contribution >= 4 is 5.69 Å². The van der Waals surface area contributed by atoms with Crippen molar-refractivity contribution in [2.45, 2.75) is 24.6 Å². The van der Waals surface area contributed by atoms with Gasteiger partial charge in [-0.2, -0.15) is 0 Å². The second-order valence-electron chi connectivity index (χ2n) is 4.67. The molecule has 0 radical (unpaired) electrons. The number of anilines is 1. The predicted molar refractivity (Wildman–Crippen MR) is 66.5 cm³/mol. The van der Waals surface area contributed by atoms with Gasteiger partial charge in [-0.25, -0.2) is 0 Å². The van der Waals surface area contributed by atoms with Crippen molar-refractivity contribution in [2.75, 3.05) is 25.2 Å². The lowest BCUT2D eigenvalue weighted by molar-refractivity contribution is 0.0720. The second kappa shape index (κ2) is 4.20. The Balaban J connectivity index is 1.92. The SMILES string of the molecule is COc1cccc(N2C3COC(C3)C2CN)c1. The molecule has 0 saturated carbocycles. The molecule has 2 heterocycles. The number of methoxy groups -OCH3 is 1. The summed E-state index contributed by atoms with van der Waals surface area (Å²) in [7, 11) is 1.69. The first-order chi connectivity index (χ1) is 8.33. The van der Waals surface area contributed by atoms with E-state index in [4.69, 9.17) is 15.2 Å². The molecule has 2 saturated heterocycles. The molecular weight excluding hydrogens is 216 g/mol. The molecule has 92 valence electrons. The lowest BCUT2D eigenvalue weighted by Crippen LogP contribution is -2.49. The number of hydrogen-bond acceptors (Lipinski definition) is 4. The zero-order chi connectivity index (χ0) is 11.8.